The quantitative estimate of drug-likeness (QED) is 0.839. The predicted molar refractivity (Wildman–Crippen MR) is 81.1 cm³/mol. The molecule has 106 valence electrons. The first kappa shape index (κ1) is 14.9. The number of aromatic hydroxyl groups is 1. The van der Waals surface area contributed by atoms with Crippen molar-refractivity contribution in [2.45, 2.75) is 6.54 Å². The second kappa shape index (κ2) is 6.33. The van der Waals surface area contributed by atoms with E-state index < -0.39 is 5.82 Å². The summed E-state index contributed by atoms with van der Waals surface area (Å²) < 4.78 is 18.6. The van der Waals surface area contributed by atoms with Crippen LogP contribution < -0.4 is 10.1 Å². The first-order chi connectivity index (χ1) is 9.51. The molecular weight excluding hydrogens is 349 g/mol. The van der Waals surface area contributed by atoms with Crippen LogP contribution in [0.4, 0.5) is 10.1 Å². The van der Waals surface area contributed by atoms with Crippen LogP contribution in [0.3, 0.4) is 0 Å². The Morgan fingerprint density at radius 2 is 2.10 bits per heavy atom. The number of halogens is 3. The molecule has 20 heavy (non-hydrogen) atoms. The molecule has 0 aliphatic heterocycles. The second-order valence-electron chi connectivity index (χ2n) is 4.10. The molecule has 3 nitrogen and oxygen atoms in total. The smallest absolute Gasteiger partial charge is 0.160 e. The zero-order valence-electron chi connectivity index (χ0n) is 10.6. The van der Waals surface area contributed by atoms with Crippen molar-refractivity contribution in [2.24, 2.45) is 0 Å². The Hall–Kier alpha value is -1.46. The van der Waals surface area contributed by atoms with Gasteiger partial charge in [0.05, 0.1) is 17.8 Å². The number of nitrogens with one attached hydrogen (secondary N) is 1. The van der Waals surface area contributed by atoms with E-state index in [9.17, 15) is 9.50 Å². The molecule has 2 N–H and O–H groups in total. The van der Waals surface area contributed by atoms with E-state index in [1.54, 1.807) is 12.1 Å². The van der Waals surface area contributed by atoms with Gasteiger partial charge in [0.1, 0.15) is 5.82 Å². The fraction of sp³-hybridized carbons (Fsp3) is 0.143. The Morgan fingerprint density at radius 3 is 2.70 bits per heavy atom. The van der Waals surface area contributed by atoms with Gasteiger partial charge in [-0.3, -0.25) is 0 Å². The number of hydrogen-bond donors (Lipinski definition) is 2. The van der Waals surface area contributed by atoms with Crippen molar-refractivity contribution >= 4 is 33.2 Å². The van der Waals surface area contributed by atoms with E-state index in [1.165, 1.54) is 19.2 Å². The lowest BCUT2D eigenvalue weighted by atomic mass is 10.2. The molecule has 2 rings (SSSR count). The van der Waals surface area contributed by atoms with Crippen LogP contribution in [0, 0.1) is 5.82 Å². The number of benzene rings is 2. The third-order valence-corrected chi connectivity index (χ3v) is 3.64. The normalized spacial score (nSPS) is 10.4. The molecule has 0 radical (unpaired) electrons. The van der Waals surface area contributed by atoms with Crippen molar-refractivity contribution in [1.29, 1.82) is 0 Å². The van der Waals surface area contributed by atoms with Gasteiger partial charge in [0.15, 0.2) is 11.5 Å². The van der Waals surface area contributed by atoms with Crippen LogP contribution in [0.25, 0.3) is 0 Å². The third kappa shape index (κ3) is 3.35. The number of ether oxygens (including phenoxy) is 1. The third-order valence-electron chi connectivity index (χ3n) is 2.72. The molecule has 0 heterocycles. The lowest BCUT2D eigenvalue weighted by Crippen LogP contribution is -2.01. The van der Waals surface area contributed by atoms with Crippen LogP contribution in [-0.4, -0.2) is 12.2 Å². The molecule has 2 aromatic rings. The highest BCUT2D eigenvalue weighted by Crippen LogP contribution is 2.32. The molecule has 0 bridgehead atoms. The van der Waals surface area contributed by atoms with Gasteiger partial charge in [0.2, 0.25) is 0 Å². The van der Waals surface area contributed by atoms with Crippen molar-refractivity contribution in [3.8, 4) is 11.5 Å². The van der Waals surface area contributed by atoms with E-state index in [0.717, 1.165) is 5.56 Å². The van der Waals surface area contributed by atoms with E-state index in [-0.39, 0.29) is 10.8 Å². The number of methoxy groups -OCH3 is 1. The van der Waals surface area contributed by atoms with Gasteiger partial charge in [0, 0.05) is 11.0 Å². The summed E-state index contributed by atoms with van der Waals surface area (Å²) in [7, 11) is 1.49. The van der Waals surface area contributed by atoms with Gasteiger partial charge in [-0.15, -0.1) is 0 Å². The van der Waals surface area contributed by atoms with Gasteiger partial charge in [0.25, 0.3) is 0 Å². The van der Waals surface area contributed by atoms with Crippen molar-refractivity contribution in [1.82, 2.24) is 0 Å². The number of rotatable bonds is 4. The Labute approximate surface area is 129 Å². The molecule has 2 aromatic carbocycles. The fourth-order valence-corrected chi connectivity index (χ4v) is 2.71. The summed E-state index contributed by atoms with van der Waals surface area (Å²) in [6.45, 7) is 0.432. The van der Waals surface area contributed by atoms with Crippen LogP contribution in [0.2, 0.25) is 5.02 Å². The molecule has 0 amide bonds. The topological polar surface area (TPSA) is 41.5 Å². The van der Waals surface area contributed by atoms with Gasteiger partial charge in [-0.1, -0.05) is 17.7 Å². The van der Waals surface area contributed by atoms with Gasteiger partial charge >= 0.3 is 0 Å². The lowest BCUT2D eigenvalue weighted by Gasteiger charge is -2.12. The van der Waals surface area contributed by atoms with Crippen molar-refractivity contribution < 1.29 is 14.2 Å². The maximum atomic E-state index is 13.1. The zero-order valence-corrected chi connectivity index (χ0v) is 12.9. The van der Waals surface area contributed by atoms with Gasteiger partial charge in [-0.05, 0) is 45.8 Å². The van der Waals surface area contributed by atoms with Crippen molar-refractivity contribution in [2.75, 3.05) is 12.4 Å². The second-order valence-corrected chi connectivity index (χ2v) is 5.37. The molecule has 0 fully saturated rings. The lowest BCUT2D eigenvalue weighted by molar-refractivity contribution is 0.373. The van der Waals surface area contributed by atoms with E-state index in [1.807, 2.05) is 6.07 Å². The number of phenolic OH excluding ortho intramolecular Hbond substituents is 1. The molecule has 0 aromatic heterocycles. The van der Waals surface area contributed by atoms with Crippen LogP contribution >= 0.6 is 27.5 Å². The Bertz CT molecular complexity index is 614. The van der Waals surface area contributed by atoms with Gasteiger partial charge < -0.3 is 15.2 Å². The standard InChI is InChI=1S/C14H12BrClFNO2/c1-20-13-3-2-8(4-12(13)19)7-18-14-10(15)5-9(17)6-11(14)16/h2-6,18-19H,7H2,1H3. The van der Waals surface area contributed by atoms with Gasteiger partial charge in [-0.25, -0.2) is 4.39 Å². The number of anilines is 1. The average molecular weight is 361 g/mol. The number of phenols is 1. The first-order valence-electron chi connectivity index (χ1n) is 5.75. The summed E-state index contributed by atoms with van der Waals surface area (Å²) in [6.07, 6.45) is 0. The highest BCUT2D eigenvalue weighted by Gasteiger charge is 2.08. The van der Waals surface area contributed by atoms with E-state index in [4.69, 9.17) is 16.3 Å². The van der Waals surface area contributed by atoms with E-state index >= 15 is 0 Å². The van der Waals surface area contributed by atoms with Crippen LogP contribution in [0.15, 0.2) is 34.8 Å². The largest absolute Gasteiger partial charge is 0.504 e. The van der Waals surface area contributed by atoms with E-state index in [0.29, 0.717) is 22.5 Å². The minimum atomic E-state index is -0.408. The monoisotopic (exact) mass is 359 g/mol. The minimum absolute atomic E-state index is 0.0658. The molecule has 0 spiro atoms. The molecule has 0 aliphatic rings. The molecule has 0 atom stereocenters. The van der Waals surface area contributed by atoms with Gasteiger partial charge in [-0.2, -0.15) is 0 Å². The van der Waals surface area contributed by atoms with Crippen molar-refractivity contribution in [3.05, 3.63) is 51.2 Å². The molecule has 6 heteroatoms. The molecule has 0 aliphatic carbocycles. The fourth-order valence-electron chi connectivity index (χ4n) is 1.75. The van der Waals surface area contributed by atoms with Crippen LogP contribution in [-0.2, 0) is 6.54 Å². The highest BCUT2D eigenvalue weighted by molar-refractivity contribution is 9.10. The maximum absolute atomic E-state index is 13.1. The molecular formula is C14H12BrClFNO2. The van der Waals surface area contributed by atoms with E-state index in [2.05, 4.69) is 21.2 Å². The SMILES string of the molecule is COc1ccc(CNc2c(Cl)cc(F)cc2Br)cc1O. The molecule has 0 unspecified atom stereocenters. The van der Waals surface area contributed by atoms with Crippen molar-refractivity contribution in [3.63, 3.8) is 0 Å². The van der Waals surface area contributed by atoms with Crippen LogP contribution in [0.5, 0.6) is 11.5 Å². The first-order valence-corrected chi connectivity index (χ1v) is 6.92. The average Bonchev–Trinajstić information content (AvgIpc) is 2.37. The summed E-state index contributed by atoms with van der Waals surface area (Å²) in [5.41, 5.74) is 1.44. The highest BCUT2D eigenvalue weighted by atomic mass is 79.9. The summed E-state index contributed by atoms with van der Waals surface area (Å²) in [5.74, 6) is 0.0698. The summed E-state index contributed by atoms with van der Waals surface area (Å²) >= 11 is 9.23. The minimum Gasteiger partial charge on any atom is -0.504 e. The molecule has 0 saturated carbocycles. The zero-order chi connectivity index (χ0) is 14.7. The molecule has 0 saturated heterocycles. The van der Waals surface area contributed by atoms with Crippen LogP contribution in [0.1, 0.15) is 5.56 Å². The Balaban J connectivity index is 2.15. The summed E-state index contributed by atoms with van der Waals surface area (Å²) in [5, 5.41) is 13.1. The summed E-state index contributed by atoms with van der Waals surface area (Å²) in [6, 6.07) is 7.65. The Morgan fingerprint density at radius 1 is 1.35 bits per heavy atom. The Kier molecular flexibility index (Phi) is 4.73. The summed E-state index contributed by atoms with van der Waals surface area (Å²) in [4.78, 5) is 0. The predicted octanol–water partition coefficient (Wildman–Crippen LogP) is 4.57. The number of hydrogen-bond acceptors (Lipinski definition) is 3. The maximum Gasteiger partial charge on any atom is 0.160 e.